The van der Waals surface area contributed by atoms with Gasteiger partial charge in [0.05, 0.1) is 10.7 Å². The van der Waals surface area contributed by atoms with Crippen molar-refractivity contribution in [3.8, 4) is 0 Å². The molecule has 3 heterocycles. The quantitative estimate of drug-likeness (QED) is 0.747. The first kappa shape index (κ1) is 16.4. The number of hydrogen-bond acceptors (Lipinski definition) is 3. The number of pyridine rings is 1. The van der Waals surface area contributed by atoms with E-state index in [0.29, 0.717) is 18.1 Å². The van der Waals surface area contributed by atoms with E-state index in [1.807, 2.05) is 35.0 Å². The highest BCUT2D eigenvalue weighted by Gasteiger charge is 2.17. The molecule has 0 amide bonds. The molecule has 1 aromatic carbocycles. The largest absolute Gasteiger partial charge is 0.371 e. The van der Waals surface area contributed by atoms with Gasteiger partial charge in [0.15, 0.2) is 0 Å². The third-order valence-electron chi connectivity index (χ3n) is 4.61. The van der Waals surface area contributed by atoms with Gasteiger partial charge in [0.1, 0.15) is 11.5 Å². The standard InChI is InChI=1S/C19H20ClFN4/c20-14-6-7-19-23-15(13-25(19)12-14)10-22-11-16-17(21)4-3-5-18(16)24-8-1-2-9-24/h3-7,12-13,22H,1-2,8-11H2. The molecule has 25 heavy (non-hydrogen) atoms. The minimum atomic E-state index is -0.154. The predicted molar refractivity (Wildman–Crippen MR) is 98.6 cm³/mol. The average Bonchev–Trinajstić information content (AvgIpc) is 3.25. The van der Waals surface area contributed by atoms with Gasteiger partial charge < -0.3 is 14.6 Å². The Hall–Kier alpha value is -2.11. The Bertz CT molecular complexity index is 886. The number of aromatic nitrogens is 2. The summed E-state index contributed by atoms with van der Waals surface area (Å²) in [5, 5.41) is 4.00. The maximum Gasteiger partial charge on any atom is 0.137 e. The number of imidazole rings is 1. The van der Waals surface area contributed by atoms with Gasteiger partial charge in [0, 0.05) is 49.8 Å². The third kappa shape index (κ3) is 3.48. The number of fused-ring (bicyclic) bond motifs is 1. The number of hydrogen-bond donors (Lipinski definition) is 1. The number of rotatable bonds is 5. The molecule has 0 saturated carbocycles. The number of halogens is 2. The van der Waals surface area contributed by atoms with Crippen LogP contribution in [0.25, 0.3) is 5.65 Å². The van der Waals surface area contributed by atoms with E-state index in [9.17, 15) is 4.39 Å². The Labute approximate surface area is 151 Å². The zero-order valence-corrected chi connectivity index (χ0v) is 14.6. The van der Waals surface area contributed by atoms with Gasteiger partial charge in [-0.25, -0.2) is 9.37 Å². The molecule has 0 spiro atoms. The lowest BCUT2D eigenvalue weighted by Gasteiger charge is -2.22. The van der Waals surface area contributed by atoms with Crippen molar-refractivity contribution in [3.05, 3.63) is 64.8 Å². The zero-order chi connectivity index (χ0) is 17.2. The second kappa shape index (κ2) is 7.02. The van der Waals surface area contributed by atoms with Crippen LogP contribution < -0.4 is 10.2 Å². The van der Waals surface area contributed by atoms with E-state index in [2.05, 4.69) is 15.2 Å². The van der Waals surface area contributed by atoms with Gasteiger partial charge in [-0.15, -0.1) is 0 Å². The first-order chi connectivity index (χ1) is 12.2. The molecule has 0 radical (unpaired) electrons. The molecule has 3 aromatic rings. The highest BCUT2D eigenvalue weighted by Crippen LogP contribution is 2.26. The van der Waals surface area contributed by atoms with Crippen LogP contribution in [0.4, 0.5) is 10.1 Å². The van der Waals surface area contributed by atoms with Crippen LogP contribution in [0.3, 0.4) is 0 Å². The first-order valence-corrected chi connectivity index (χ1v) is 8.95. The fraction of sp³-hybridized carbons (Fsp3) is 0.316. The number of nitrogens with one attached hydrogen (secondary N) is 1. The smallest absolute Gasteiger partial charge is 0.137 e. The summed E-state index contributed by atoms with van der Waals surface area (Å²) in [5.74, 6) is -0.154. The van der Waals surface area contributed by atoms with Gasteiger partial charge in [0.25, 0.3) is 0 Å². The van der Waals surface area contributed by atoms with Crippen LogP contribution in [0.15, 0.2) is 42.7 Å². The Kier molecular flexibility index (Phi) is 4.59. The molecule has 1 aliphatic rings. The molecule has 0 aliphatic carbocycles. The second-order valence-corrected chi connectivity index (χ2v) is 6.82. The molecule has 0 atom stereocenters. The summed E-state index contributed by atoms with van der Waals surface area (Å²) in [4.78, 5) is 6.82. The average molecular weight is 359 g/mol. The fourth-order valence-electron chi connectivity index (χ4n) is 3.39. The van der Waals surface area contributed by atoms with Crippen LogP contribution >= 0.6 is 11.6 Å². The second-order valence-electron chi connectivity index (χ2n) is 6.38. The highest BCUT2D eigenvalue weighted by molar-refractivity contribution is 6.30. The normalized spacial score (nSPS) is 14.6. The van der Waals surface area contributed by atoms with Gasteiger partial charge >= 0.3 is 0 Å². The van der Waals surface area contributed by atoms with Crippen LogP contribution in [-0.4, -0.2) is 22.5 Å². The van der Waals surface area contributed by atoms with Crippen molar-refractivity contribution >= 4 is 22.9 Å². The van der Waals surface area contributed by atoms with Crippen molar-refractivity contribution in [1.82, 2.24) is 14.7 Å². The summed E-state index contributed by atoms with van der Waals surface area (Å²) >= 11 is 6.00. The SMILES string of the molecule is Fc1cccc(N2CCCC2)c1CNCc1cn2cc(Cl)ccc2n1. The molecule has 130 valence electrons. The van der Waals surface area contributed by atoms with Gasteiger partial charge in [0.2, 0.25) is 0 Å². The lowest BCUT2D eigenvalue weighted by atomic mass is 10.1. The number of anilines is 1. The number of benzene rings is 1. The van der Waals surface area contributed by atoms with E-state index in [0.717, 1.165) is 35.7 Å². The van der Waals surface area contributed by atoms with Gasteiger partial charge in [-0.1, -0.05) is 17.7 Å². The molecule has 6 heteroatoms. The molecular weight excluding hydrogens is 339 g/mol. The van der Waals surface area contributed by atoms with Crippen molar-refractivity contribution in [1.29, 1.82) is 0 Å². The maximum atomic E-state index is 14.3. The summed E-state index contributed by atoms with van der Waals surface area (Å²) in [6.07, 6.45) is 6.12. The Morgan fingerprint density at radius 2 is 1.92 bits per heavy atom. The maximum absolute atomic E-state index is 14.3. The minimum absolute atomic E-state index is 0.154. The van der Waals surface area contributed by atoms with Crippen molar-refractivity contribution in [2.75, 3.05) is 18.0 Å². The van der Waals surface area contributed by atoms with Gasteiger partial charge in [-0.3, -0.25) is 0 Å². The summed E-state index contributed by atoms with van der Waals surface area (Å²) < 4.78 is 16.2. The Morgan fingerprint density at radius 1 is 1.08 bits per heavy atom. The zero-order valence-electron chi connectivity index (χ0n) is 13.9. The van der Waals surface area contributed by atoms with Crippen LogP contribution in [0.5, 0.6) is 0 Å². The van der Waals surface area contributed by atoms with Crippen LogP contribution in [-0.2, 0) is 13.1 Å². The summed E-state index contributed by atoms with van der Waals surface area (Å²) in [5.41, 5.74) is 3.49. The first-order valence-electron chi connectivity index (χ1n) is 8.57. The molecular formula is C19H20ClFN4. The summed E-state index contributed by atoms with van der Waals surface area (Å²) in [7, 11) is 0. The van der Waals surface area contributed by atoms with Crippen molar-refractivity contribution < 1.29 is 4.39 Å². The number of nitrogens with zero attached hydrogens (tertiary/aromatic N) is 3. The van der Waals surface area contributed by atoms with Crippen LogP contribution in [0.2, 0.25) is 5.02 Å². The fourth-order valence-corrected chi connectivity index (χ4v) is 3.56. The van der Waals surface area contributed by atoms with E-state index in [1.165, 1.54) is 18.9 Å². The molecule has 1 saturated heterocycles. The Morgan fingerprint density at radius 3 is 2.76 bits per heavy atom. The summed E-state index contributed by atoms with van der Waals surface area (Å²) in [6.45, 7) is 3.06. The lowest BCUT2D eigenvalue weighted by molar-refractivity contribution is 0.585. The topological polar surface area (TPSA) is 32.6 Å². The van der Waals surface area contributed by atoms with E-state index < -0.39 is 0 Å². The molecule has 0 bridgehead atoms. The molecule has 2 aromatic heterocycles. The van der Waals surface area contributed by atoms with E-state index in [1.54, 1.807) is 6.07 Å². The molecule has 4 nitrogen and oxygen atoms in total. The predicted octanol–water partition coefficient (Wildman–Crippen LogP) is 4.02. The van der Waals surface area contributed by atoms with Gasteiger partial charge in [-0.05, 0) is 37.1 Å². The van der Waals surface area contributed by atoms with Crippen LogP contribution in [0.1, 0.15) is 24.1 Å². The summed E-state index contributed by atoms with van der Waals surface area (Å²) in [6, 6.07) is 9.04. The molecule has 1 fully saturated rings. The van der Waals surface area contributed by atoms with Crippen molar-refractivity contribution in [3.63, 3.8) is 0 Å². The van der Waals surface area contributed by atoms with E-state index >= 15 is 0 Å². The van der Waals surface area contributed by atoms with Crippen molar-refractivity contribution in [2.45, 2.75) is 25.9 Å². The van der Waals surface area contributed by atoms with E-state index in [-0.39, 0.29) is 5.82 Å². The molecule has 1 aliphatic heterocycles. The Balaban J connectivity index is 1.47. The highest BCUT2D eigenvalue weighted by atomic mass is 35.5. The molecule has 1 N–H and O–H groups in total. The lowest BCUT2D eigenvalue weighted by Crippen LogP contribution is -2.22. The van der Waals surface area contributed by atoms with Crippen LogP contribution in [0, 0.1) is 5.82 Å². The monoisotopic (exact) mass is 358 g/mol. The van der Waals surface area contributed by atoms with E-state index in [4.69, 9.17) is 11.6 Å². The molecule has 4 rings (SSSR count). The minimum Gasteiger partial charge on any atom is -0.371 e. The third-order valence-corrected chi connectivity index (χ3v) is 4.84. The molecule has 0 unspecified atom stereocenters. The van der Waals surface area contributed by atoms with Gasteiger partial charge in [-0.2, -0.15) is 0 Å². The van der Waals surface area contributed by atoms with Crippen molar-refractivity contribution in [2.24, 2.45) is 0 Å².